The predicted octanol–water partition coefficient (Wildman–Crippen LogP) is 15.6. The molecule has 0 bridgehead atoms. The summed E-state index contributed by atoms with van der Waals surface area (Å²) in [4.78, 5) is 9.21. The quantitative estimate of drug-likeness (QED) is 0.123. The van der Waals surface area contributed by atoms with E-state index in [9.17, 15) is 0 Å². The van der Waals surface area contributed by atoms with Crippen LogP contribution in [0, 0.1) is 0 Å². The van der Waals surface area contributed by atoms with Crippen LogP contribution in [0.2, 0.25) is 0 Å². The summed E-state index contributed by atoms with van der Waals surface area (Å²) < 4.78 is 0. The molecule has 0 fully saturated rings. The Morgan fingerprint density at radius 1 is 0.121 bits per heavy atom. The summed E-state index contributed by atoms with van der Waals surface area (Å²) in [5.74, 6) is 0. The molecule has 0 heterocycles. The molecule has 0 saturated carbocycles. The average Bonchev–Trinajstić information content (AvgIpc) is 3.30. The van der Waals surface area contributed by atoms with Gasteiger partial charge < -0.3 is 19.6 Å². The molecule has 9 aromatic carbocycles. The van der Waals surface area contributed by atoms with Gasteiger partial charge in [0.1, 0.15) is 0 Å². The second-order valence-corrected chi connectivity index (χ2v) is 13.9. The molecule has 4 heteroatoms. The standard InChI is InChI=1S/C54H42N4/c1-7-19-43(20-8-1)55(44-21-9-2-10-22-44)49-31-37-52(38-32-49)58(53-39-33-50(34-40-53)56(45-23-11-3-12-24-45)46-25-13-4-14-26-46)54-41-35-51(36-42-54)57(47-27-15-5-16-28-47)48-29-17-6-18-30-48/h1-42H. The number of hydrogen-bond acceptors (Lipinski definition) is 4. The number of benzene rings is 9. The van der Waals surface area contributed by atoms with Crippen LogP contribution in [0.5, 0.6) is 0 Å². The van der Waals surface area contributed by atoms with Gasteiger partial charge in [-0.2, -0.15) is 0 Å². The zero-order valence-electron chi connectivity index (χ0n) is 32.0. The molecule has 0 aliphatic carbocycles. The normalized spacial score (nSPS) is 10.8. The highest BCUT2D eigenvalue weighted by molar-refractivity contribution is 5.85. The Labute approximate surface area is 341 Å². The van der Waals surface area contributed by atoms with Gasteiger partial charge in [-0.25, -0.2) is 0 Å². The van der Waals surface area contributed by atoms with Crippen LogP contribution in [0.1, 0.15) is 0 Å². The minimum Gasteiger partial charge on any atom is -0.311 e. The smallest absolute Gasteiger partial charge is 0.0463 e. The van der Waals surface area contributed by atoms with Crippen molar-refractivity contribution in [1.29, 1.82) is 0 Å². The summed E-state index contributed by atoms with van der Waals surface area (Å²) in [5.41, 5.74) is 13.0. The Bertz CT molecular complexity index is 2200. The maximum absolute atomic E-state index is 2.33. The van der Waals surface area contributed by atoms with E-state index in [0.29, 0.717) is 0 Å². The lowest BCUT2D eigenvalue weighted by Crippen LogP contribution is -2.13. The van der Waals surface area contributed by atoms with Gasteiger partial charge in [-0.15, -0.1) is 0 Å². The predicted molar refractivity (Wildman–Crippen MR) is 245 cm³/mol. The van der Waals surface area contributed by atoms with Gasteiger partial charge in [0.05, 0.1) is 0 Å². The van der Waals surface area contributed by atoms with Crippen LogP contribution in [0.3, 0.4) is 0 Å². The fourth-order valence-electron chi connectivity index (χ4n) is 7.50. The highest BCUT2D eigenvalue weighted by Gasteiger charge is 2.19. The topological polar surface area (TPSA) is 13.0 Å². The van der Waals surface area contributed by atoms with Crippen LogP contribution in [0.25, 0.3) is 0 Å². The summed E-state index contributed by atoms with van der Waals surface area (Å²) in [6.45, 7) is 0. The molecule has 9 rings (SSSR count). The van der Waals surface area contributed by atoms with Crippen molar-refractivity contribution >= 4 is 68.2 Å². The highest BCUT2D eigenvalue weighted by Crippen LogP contribution is 2.42. The van der Waals surface area contributed by atoms with Crippen molar-refractivity contribution in [2.75, 3.05) is 19.6 Å². The van der Waals surface area contributed by atoms with Crippen LogP contribution < -0.4 is 19.6 Å². The van der Waals surface area contributed by atoms with Crippen LogP contribution in [0.15, 0.2) is 255 Å². The molecule has 9 aromatic rings. The Kier molecular flexibility index (Phi) is 10.5. The van der Waals surface area contributed by atoms with E-state index in [1.54, 1.807) is 0 Å². The molecule has 0 spiro atoms. The van der Waals surface area contributed by atoms with Crippen LogP contribution in [0.4, 0.5) is 68.2 Å². The van der Waals surface area contributed by atoms with E-state index in [1.165, 1.54) is 0 Å². The third-order valence-corrected chi connectivity index (χ3v) is 10.2. The van der Waals surface area contributed by atoms with Gasteiger partial charge in [0.25, 0.3) is 0 Å². The lowest BCUT2D eigenvalue weighted by atomic mass is 10.1. The monoisotopic (exact) mass is 746 g/mol. The Hall–Kier alpha value is -7.82. The van der Waals surface area contributed by atoms with Gasteiger partial charge >= 0.3 is 0 Å². The summed E-state index contributed by atoms with van der Waals surface area (Å²) in [6.07, 6.45) is 0. The highest BCUT2D eigenvalue weighted by atomic mass is 15.2. The van der Waals surface area contributed by atoms with Crippen LogP contribution in [-0.4, -0.2) is 0 Å². The molecule has 278 valence electrons. The molecule has 0 amide bonds. The Balaban J connectivity index is 1.13. The van der Waals surface area contributed by atoms with E-state index in [0.717, 1.165) is 68.2 Å². The van der Waals surface area contributed by atoms with Crippen molar-refractivity contribution in [1.82, 2.24) is 0 Å². The number of rotatable bonds is 12. The second kappa shape index (κ2) is 16.9. The molecule has 0 aliphatic rings. The van der Waals surface area contributed by atoms with E-state index in [1.807, 2.05) is 0 Å². The first-order valence-corrected chi connectivity index (χ1v) is 19.6. The molecule has 58 heavy (non-hydrogen) atoms. The molecular formula is C54H42N4. The fourth-order valence-corrected chi connectivity index (χ4v) is 7.50. The number of para-hydroxylation sites is 6. The molecule has 0 N–H and O–H groups in total. The average molecular weight is 747 g/mol. The maximum Gasteiger partial charge on any atom is 0.0463 e. The zero-order chi connectivity index (χ0) is 38.9. The van der Waals surface area contributed by atoms with Gasteiger partial charge in [0.2, 0.25) is 0 Å². The summed E-state index contributed by atoms with van der Waals surface area (Å²) in [6, 6.07) is 89.8. The van der Waals surface area contributed by atoms with E-state index in [2.05, 4.69) is 274 Å². The molecule has 0 aliphatic heterocycles. The van der Waals surface area contributed by atoms with E-state index in [4.69, 9.17) is 0 Å². The third-order valence-electron chi connectivity index (χ3n) is 10.2. The van der Waals surface area contributed by atoms with Crippen molar-refractivity contribution < 1.29 is 0 Å². The second-order valence-electron chi connectivity index (χ2n) is 13.9. The fraction of sp³-hybridized carbons (Fsp3) is 0. The van der Waals surface area contributed by atoms with Crippen molar-refractivity contribution in [3.63, 3.8) is 0 Å². The molecule has 0 atom stereocenters. The molecule has 0 aromatic heterocycles. The Morgan fingerprint density at radius 2 is 0.224 bits per heavy atom. The SMILES string of the molecule is c1ccc(N(c2ccccc2)c2ccc(N(c3ccc(N(c4ccccc4)c4ccccc4)cc3)c3ccc(N(c4ccccc4)c4ccccc4)cc3)cc2)cc1. The summed E-state index contributed by atoms with van der Waals surface area (Å²) in [7, 11) is 0. The first kappa shape index (κ1) is 35.9. The maximum atomic E-state index is 2.33. The third kappa shape index (κ3) is 7.68. The van der Waals surface area contributed by atoms with Crippen molar-refractivity contribution in [2.24, 2.45) is 0 Å². The minimum absolute atomic E-state index is 1.05. The largest absolute Gasteiger partial charge is 0.311 e. The minimum atomic E-state index is 1.05. The first-order chi connectivity index (χ1) is 28.8. The van der Waals surface area contributed by atoms with E-state index < -0.39 is 0 Å². The van der Waals surface area contributed by atoms with Gasteiger partial charge in [0, 0.05) is 68.2 Å². The first-order valence-electron chi connectivity index (χ1n) is 19.6. The molecular weight excluding hydrogens is 705 g/mol. The van der Waals surface area contributed by atoms with Crippen LogP contribution >= 0.6 is 0 Å². The van der Waals surface area contributed by atoms with E-state index in [-0.39, 0.29) is 0 Å². The van der Waals surface area contributed by atoms with Crippen LogP contribution in [-0.2, 0) is 0 Å². The lowest BCUT2D eigenvalue weighted by molar-refractivity contribution is 1.24. The Morgan fingerprint density at radius 3 is 0.345 bits per heavy atom. The summed E-state index contributed by atoms with van der Waals surface area (Å²) in [5, 5.41) is 0. The van der Waals surface area contributed by atoms with Crippen molar-refractivity contribution in [3.05, 3.63) is 255 Å². The van der Waals surface area contributed by atoms with Gasteiger partial charge in [0.15, 0.2) is 0 Å². The number of nitrogens with zero attached hydrogens (tertiary/aromatic N) is 4. The van der Waals surface area contributed by atoms with Gasteiger partial charge in [-0.1, -0.05) is 109 Å². The molecule has 4 nitrogen and oxygen atoms in total. The van der Waals surface area contributed by atoms with E-state index >= 15 is 0 Å². The molecule has 0 unspecified atom stereocenters. The molecule has 0 saturated heterocycles. The summed E-state index contributed by atoms with van der Waals surface area (Å²) >= 11 is 0. The van der Waals surface area contributed by atoms with Crippen molar-refractivity contribution in [3.8, 4) is 0 Å². The number of hydrogen-bond donors (Lipinski definition) is 0. The van der Waals surface area contributed by atoms with Crippen molar-refractivity contribution in [2.45, 2.75) is 0 Å². The molecule has 0 radical (unpaired) electrons. The zero-order valence-corrected chi connectivity index (χ0v) is 32.0. The lowest BCUT2D eigenvalue weighted by Gasteiger charge is -2.30. The van der Waals surface area contributed by atoms with Gasteiger partial charge in [-0.05, 0) is 146 Å². The van der Waals surface area contributed by atoms with Gasteiger partial charge in [-0.3, -0.25) is 0 Å². The number of anilines is 12.